The fraction of sp³-hybridized carbons (Fsp3) is 0.462. The summed E-state index contributed by atoms with van der Waals surface area (Å²) in [6, 6.07) is 3.33. The van der Waals surface area contributed by atoms with Crippen LogP contribution in [0.1, 0.15) is 31.7 Å². The maximum Gasteiger partial charge on any atom is 0.311 e. The van der Waals surface area contributed by atoms with Crippen LogP contribution in [0.4, 0.5) is 0 Å². The van der Waals surface area contributed by atoms with Gasteiger partial charge in [-0.25, -0.2) is 0 Å². The summed E-state index contributed by atoms with van der Waals surface area (Å²) in [5, 5.41) is 11.9. The molecule has 5 nitrogen and oxygen atoms in total. The van der Waals surface area contributed by atoms with E-state index in [9.17, 15) is 9.59 Å². The molecule has 1 aromatic heterocycles. The van der Waals surface area contributed by atoms with E-state index < -0.39 is 11.9 Å². The molecule has 1 rings (SSSR count). The van der Waals surface area contributed by atoms with Gasteiger partial charge in [-0.3, -0.25) is 14.6 Å². The zero-order chi connectivity index (χ0) is 13.5. The number of hydrogen-bond acceptors (Lipinski definition) is 3. The van der Waals surface area contributed by atoms with E-state index in [1.54, 1.807) is 18.3 Å². The minimum atomic E-state index is -1.01. The quantitative estimate of drug-likeness (QED) is 0.800. The number of nitrogens with zero attached hydrogens (tertiary/aromatic N) is 1. The molecular weight excluding hydrogens is 232 g/mol. The van der Waals surface area contributed by atoms with Crippen LogP contribution in [0.2, 0.25) is 0 Å². The Bertz CT molecular complexity index is 404. The standard InChI is InChI=1S/C13H18N2O3/c1-9(2)7-15-12(16)6-11(13(17)18)10-4-3-5-14-8-10/h3-5,8-9,11H,6-7H2,1-2H3,(H,15,16)(H,17,18). The van der Waals surface area contributed by atoms with Crippen LogP contribution >= 0.6 is 0 Å². The van der Waals surface area contributed by atoms with Gasteiger partial charge in [0, 0.05) is 25.4 Å². The number of nitrogens with one attached hydrogen (secondary N) is 1. The number of carboxylic acid groups (broad SMARTS) is 1. The summed E-state index contributed by atoms with van der Waals surface area (Å²) in [5.74, 6) is -1.76. The number of aliphatic carboxylic acids is 1. The Morgan fingerprint density at radius 1 is 1.44 bits per heavy atom. The molecule has 0 saturated carbocycles. The van der Waals surface area contributed by atoms with Crippen molar-refractivity contribution in [1.29, 1.82) is 0 Å². The Morgan fingerprint density at radius 3 is 2.67 bits per heavy atom. The van der Waals surface area contributed by atoms with Crippen LogP contribution in [0.25, 0.3) is 0 Å². The lowest BCUT2D eigenvalue weighted by molar-refractivity contribution is -0.140. The summed E-state index contributed by atoms with van der Waals surface area (Å²) in [7, 11) is 0. The second-order valence-corrected chi connectivity index (χ2v) is 4.58. The van der Waals surface area contributed by atoms with Gasteiger partial charge in [0.1, 0.15) is 0 Å². The zero-order valence-electron chi connectivity index (χ0n) is 10.6. The van der Waals surface area contributed by atoms with Crippen LogP contribution in [-0.2, 0) is 9.59 Å². The van der Waals surface area contributed by atoms with Crippen molar-refractivity contribution < 1.29 is 14.7 Å². The van der Waals surface area contributed by atoms with E-state index in [0.717, 1.165) is 0 Å². The predicted octanol–water partition coefficient (Wildman–Crippen LogP) is 1.41. The number of hydrogen-bond donors (Lipinski definition) is 2. The minimum absolute atomic E-state index is 0.0618. The summed E-state index contributed by atoms with van der Waals surface area (Å²) in [5.41, 5.74) is 0.546. The zero-order valence-corrected chi connectivity index (χ0v) is 10.6. The van der Waals surface area contributed by atoms with E-state index in [2.05, 4.69) is 10.3 Å². The number of carbonyl (C=O) groups is 2. The van der Waals surface area contributed by atoms with Gasteiger partial charge in [0.15, 0.2) is 0 Å². The second kappa shape index (κ2) is 6.74. The third kappa shape index (κ3) is 4.53. The lowest BCUT2D eigenvalue weighted by Crippen LogP contribution is -2.30. The van der Waals surface area contributed by atoms with Gasteiger partial charge in [0.05, 0.1) is 5.92 Å². The third-order valence-electron chi connectivity index (χ3n) is 2.48. The van der Waals surface area contributed by atoms with E-state index in [1.165, 1.54) is 6.20 Å². The molecule has 1 heterocycles. The average Bonchev–Trinajstić information content (AvgIpc) is 2.34. The van der Waals surface area contributed by atoms with Crippen LogP contribution in [0.5, 0.6) is 0 Å². The highest BCUT2D eigenvalue weighted by molar-refractivity contribution is 5.85. The Kier molecular flexibility index (Phi) is 5.30. The van der Waals surface area contributed by atoms with Crippen LogP contribution in [0.15, 0.2) is 24.5 Å². The molecule has 1 unspecified atom stereocenters. The maximum atomic E-state index is 11.6. The molecule has 0 aliphatic heterocycles. The number of aromatic nitrogens is 1. The van der Waals surface area contributed by atoms with Gasteiger partial charge >= 0.3 is 5.97 Å². The van der Waals surface area contributed by atoms with E-state index in [0.29, 0.717) is 18.0 Å². The summed E-state index contributed by atoms with van der Waals surface area (Å²) >= 11 is 0. The smallest absolute Gasteiger partial charge is 0.311 e. The summed E-state index contributed by atoms with van der Waals surface area (Å²) in [4.78, 5) is 26.7. The number of amides is 1. The fourth-order valence-electron chi connectivity index (χ4n) is 1.51. The molecule has 0 aromatic carbocycles. The molecule has 5 heteroatoms. The summed E-state index contributed by atoms with van der Waals surface area (Å²) in [6.07, 6.45) is 2.99. The van der Waals surface area contributed by atoms with Crippen molar-refractivity contribution in [1.82, 2.24) is 10.3 Å². The normalized spacial score (nSPS) is 12.2. The molecule has 98 valence electrons. The molecule has 2 N–H and O–H groups in total. The van der Waals surface area contributed by atoms with Gasteiger partial charge in [-0.05, 0) is 17.5 Å². The highest BCUT2D eigenvalue weighted by atomic mass is 16.4. The van der Waals surface area contributed by atoms with Gasteiger partial charge in [-0.1, -0.05) is 19.9 Å². The molecule has 1 atom stereocenters. The molecule has 0 spiro atoms. The third-order valence-corrected chi connectivity index (χ3v) is 2.48. The highest BCUT2D eigenvalue weighted by Gasteiger charge is 2.23. The van der Waals surface area contributed by atoms with Gasteiger partial charge in [0.2, 0.25) is 5.91 Å². The summed E-state index contributed by atoms with van der Waals surface area (Å²) < 4.78 is 0. The van der Waals surface area contributed by atoms with Crippen molar-refractivity contribution >= 4 is 11.9 Å². The Hall–Kier alpha value is -1.91. The molecular formula is C13H18N2O3. The first-order valence-electron chi connectivity index (χ1n) is 5.90. The van der Waals surface area contributed by atoms with Gasteiger partial charge in [0.25, 0.3) is 0 Å². The van der Waals surface area contributed by atoms with Gasteiger partial charge < -0.3 is 10.4 Å². The van der Waals surface area contributed by atoms with Crippen molar-refractivity contribution in [2.24, 2.45) is 5.92 Å². The molecule has 0 aliphatic carbocycles. The fourth-order valence-corrected chi connectivity index (χ4v) is 1.51. The number of carbonyl (C=O) groups excluding carboxylic acids is 1. The van der Waals surface area contributed by atoms with Crippen LogP contribution < -0.4 is 5.32 Å². The lowest BCUT2D eigenvalue weighted by atomic mass is 9.97. The molecule has 0 radical (unpaired) electrons. The van der Waals surface area contributed by atoms with Crippen molar-refractivity contribution in [3.05, 3.63) is 30.1 Å². The van der Waals surface area contributed by atoms with Crippen LogP contribution in [0.3, 0.4) is 0 Å². The molecule has 1 aromatic rings. The molecule has 18 heavy (non-hydrogen) atoms. The minimum Gasteiger partial charge on any atom is -0.481 e. The number of pyridine rings is 1. The SMILES string of the molecule is CC(C)CNC(=O)CC(C(=O)O)c1cccnc1. The molecule has 0 fully saturated rings. The van der Waals surface area contributed by atoms with Crippen molar-refractivity contribution in [3.8, 4) is 0 Å². The lowest BCUT2D eigenvalue weighted by Gasteiger charge is -2.13. The van der Waals surface area contributed by atoms with Gasteiger partial charge in [-0.2, -0.15) is 0 Å². The topological polar surface area (TPSA) is 79.3 Å². The Balaban J connectivity index is 2.65. The number of carboxylic acids is 1. The van der Waals surface area contributed by atoms with Crippen molar-refractivity contribution in [2.75, 3.05) is 6.54 Å². The van der Waals surface area contributed by atoms with E-state index in [4.69, 9.17) is 5.11 Å². The van der Waals surface area contributed by atoms with E-state index in [1.807, 2.05) is 13.8 Å². The van der Waals surface area contributed by atoms with E-state index >= 15 is 0 Å². The monoisotopic (exact) mass is 250 g/mol. The molecule has 0 aliphatic rings. The van der Waals surface area contributed by atoms with Crippen molar-refractivity contribution in [3.63, 3.8) is 0 Å². The Morgan fingerprint density at radius 2 is 2.17 bits per heavy atom. The van der Waals surface area contributed by atoms with Crippen molar-refractivity contribution in [2.45, 2.75) is 26.2 Å². The van der Waals surface area contributed by atoms with Gasteiger partial charge in [-0.15, -0.1) is 0 Å². The number of rotatable bonds is 6. The largest absolute Gasteiger partial charge is 0.481 e. The van der Waals surface area contributed by atoms with Crippen LogP contribution in [-0.4, -0.2) is 28.5 Å². The maximum absolute atomic E-state index is 11.6. The second-order valence-electron chi connectivity index (χ2n) is 4.58. The molecule has 1 amide bonds. The molecule has 0 saturated heterocycles. The Labute approximate surface area is 106 Å². The first-order chi connectivity index (χ1) is 8.50. The first-order valence-corrected chi connectivity index (χ1v) is 5.90. The average molecular weight is 250 g/mol. The van der Waals surface area contributed by atoms with E-state index in [-0.39, 0.29) is 12.3 Å². The summed E-state index contributed by atoms with van der Waals surface area (Å²) in [6.45, 7) is 4.52. The predicted molar refractivity (Wildman–Crippen MR) is 67.1 cm³/mol. The highest BCUT2D eigenvalue weighted by Crippen LogP contribution is 2.18. The first kappa shape index (κ1) is 14.2. The van der Waals surface area contributed by atoms with Crippen LogP contribution in [0, 0.1) is 5.92 Å². The molecule has 0 bridgehead atoms.